The van der Waals surface area contributed by atoms with Crippen LogP contribution >= 0.6 is 11.3 Å². The third-order valence-corrected chi connectivity index (χ3v) is 5.60. The molecular weight excluding hydrogens is 396 g/mol. The van der Waals surface area contributed by atoms with Gasteiger partial charge in [-0.25, -0.2) is 9.67 Å². The number of para-hydroxylation sites is 1. The monoisotopic (exact) mass is 418 g/mol. The van der Waals surface area contributed by atoms with Gasteiger partial charge in [0.2, 0.25) is 0 Å². The number of nitrogens with one attached hydrogen (secondary N) is 1. The van der Waals surface area contributed by atoms with Gasteiger partial charge < -0.3 is 4.74 Å². The molecule has 6 nitrogen and oxygen atoms in total. The van der Waals surface area contributed by atoms with Crippen LogP contribution in [-0.4, -0.2) is 27.3 Å². The first-order chi connectivity index (χ1) is 14.6. The molecule has 0 atom stereocenters. The summed E-state index contributed by atoms with van der Waals surface area (Å²) in [6.07, 6.45) is 1.59. The van der Waals surface area contributed by atoms with Crippen LogP contribution < -0.4 is 10.1 Å². The fourth-order valence-electron chi connectivity index (χ4n) is 3.22. The van der Waals surface area contributed by atoms with Gasteiger partial charge in [-0.2, -0.15) is 5.10 Å². The maximum atomic E-state index is 12.8. The number of hydrogen-bond donors (Lipinski definition) is 1. The van der Waals surface area contributed by atoms with Gasteiger partial charge in [0.05, 0.1) is 35.4 Å². The molecule has 4 aromatic rings. The standard InChI is InChI=1S/C23H22N4O2S/c1-4-29-19-12-10-17(11-13-19)21-16(3)30-23(25-21)26-22(28)20-14-24-27(15(20)2)18-8-6-5-7-9-18/h5-14H,4H2,1-3H3,(H,25,26,28). The average Bonchev–Trinajstić information content (AvgIpc) is 3.32. The summed E-state index contributed by atoms with van der Waals surface area (Å²) >= 11 is 1.45. The van der Waals surface area contributed by atoms with Gasteiger partial charge >= 0.3 is 0 Å². The molecule has 0 aliphatic carbocycles. The van der Waals surface area contributed by atoms with Gasteiger partial charge in [0.15, 0.2) is 5.13 Å². The van der Waals surface area contributed by atoms with Crippen LogP contribution in [0.4, 0.5) is 5.13 Å². The molecule has 30 heavy (non-hydrogen) atoms. The zero-order chi connectivity index (χ0) is 21.1. The van der Waals surface area contributed by atoms with Gasteiger partial charge in [-0.3, -0.25) is 10.1 Å². The number of nitrogens with zero attached hydrogens (tertiary/aromatic N) is 3. The van der Waals surface area contributed by atoms with Crippen LogP contribution in [0.15, 0.2) is 60.8 Å². The van der Waals surface area contributed by atoms with E-state index in [2.05, 4.69) is 15.4 Å². The van der Waals surface area contributed by atoms with Gasteiger partial charge in [-0.1, -0.05) is 18.2 Å². The number of carbonyl (C=O) groups excluding carboxylic acids is 1. The molecule has 0 saturated carbocycles. The Balaban J connectivity index is 1.53. The molecule has 0 bridgehead atoms. The number of benzene rings is 2. The van der Waals surface area contributed by atoms with E-state index in [1.165, 1.54) is 11.3 Å². The largest absolute Gasteiger partial charge is 0.494 e. The predicted molar refractivity (Wildman–Crippen MR) is 120 cm³/mol. The van der Waals surface area contributed by atoms with Crippen molar-refractivity contribution >= 4 is 22.4 Å². The first-order valence-corrected chi connectivity index (χ1v) is 10.5. The Bertz CT molecular complexity index is 1160. The van der Waals surface area contributed by atoms with E-state index >= 15 is 0 Å². The van der Waals surface area contributed by atoms with E-state index < -0.39 is 0 Å². The van der Waals surface area contributed by atoms with Crippen molar-refractivity contribution in [2.45, 2.75) is 20.8 Å². The van der Waals surface area contributed by atoms with Crippen LogP contribution in [0.5, 0.6) is 5.75 Å². The lowest BCUT2D eigenvalue weighted by molar-refractivity contribution is 0.102. The highest BCUT2D eigenvalue weighted by molar-refractivity contribution is 7.16. The molecule has 0 radical (unpaired) electrons. The molecule has 0 saturated heterocycles. The van der Waals surface area contributed by atoms with E-state index in [0.717, 1.165) is 33.3 Å². The summed E-state index contributed by atoms with van der Waals surface area (Å²) in [7, 11) is 0. The molecule has 2 aromatic carbocycles. The molecular formula is C23H22N4O2S. The first kappa shape index (κ1) is 19.8. The minimum Gasteiger partial charge on any atom is -0.494 e. The second-order valence-corrected chi connectivity index (χ2v) is 7.93. The summed E-state index contributed by atoms with van der Waals surface area (Å²) in [6.45, 7) is 6.47. The van der Waals surface area contributed by atoms with E-state index in [1.54, 1.807) is 10.9 Å². The minimum absolute atomic E-state index is 0.221. The topological polar surface area (TPSA) is 69.0 Å². The van der Waals surface area contributed by atoms with Gasteiger partial charge in [0.25, 0.3) is 5.91 Å². The lowest BCUT2D eigenvalue weighted by atomic mass is 10.1. The number of aryl methyl sites for hydroxylation is 1. The first-order valence-electron chi connectivity index (χ1n) is 9.69. The molecule has 0 spiro atoms. The predicted octanol–water partition coefficient (Wildman–Crippen LogP) is 5.26. The normalized spacial score (nSPS) is 10.8. The number of carbonyl (C=O) groups is 1. The molecule has 0 aliphatic rings. The maximum absolute atomic E-state index is 12.8. The Morgan fingerprint density at radius 1 is 1.10 bits per heavy atom. The van der Waals surface area contributed by atoms with Crippen LogP contribution in [0, 0.1) is 13.8 Å². The van der Waals surface area contributed by atoms with Crippen molar-refractivity contribution in [3.8, 4) is 22.7 Å². The summed E-state index contributed by atoms with van der Waals surface area (Å²) in [5, 5.41) is 7.85. The number of amides is 1. The van der Waals surface area contributed by atoms with Crippen LogP contribution in [0.1, 0.15) is 27.9 Å². The number of anilines is 1. The summed E-state index contributed by atoms with van der Waals surface area (Å²) in [5.74, 6) is 0.607. The zero-order valence-corrected chi connectivity index (χ0v) is 17.9. The number of aromatic nitrogens is 3. The van der Waals surface area contributed by atoms with E-state index in [1.807, 2.05) is 75.4 Å². The maximum Gasteiger partial charge on any atom is 0.260 e. The quantitative estimate of drug-likeness (QED) is 0.463. The molecule has 1 amide bonds. The lowest BCUT2D eigenvalue weighted by Gasteiger charge is -2.05. The molecule has 2 heterocycles. The second kappa shape index (κ2) is 8.51. The average molecular weight is 419 g/mol. The lowest BCUT2D eigenvalue weighted by Crippen LogP contribution is -2.13. The summed E-state index contributed by atoms with van der Waals surface area (Å²) in [6, 6.07) is 17.6. The van der Waals surface area contributed by atoms with Crippen LogP contribution in [0.2, 0.25) is 0 Å². The van der Waals surface area contributed by atoms with Gasteiger partial charge in [0, 0.05) is 10.4 Å². The van der Waals surface area contributed by atoms with Gasteiger partial charge in [-0.15, -0.1) is 11.3 Å². The van der Waals surface area contributed by atoms with Crippen molar-refractivity contribution in [1.29, 1.82) is 0 Å². The van der Waals surface area contributed by atoms with E-state index in [0.29, 0.717) is 17.3 Å². The van der Waals surface area contributed by atoms with Crippen molar-refractivity contribution < 1.29 is 9.53 Å². The number of thiazole rings is 1. The van der Waals surface area contributed by atoms with Crippen LogP contribution in [0.25, 0.3) is 16.9 Å². The minimum atomic E-state index is -0.221. The molecule has 7 heteroatoms. The molecule has 2 aromatic heterocycles. The Hall–Kier alpha value is -3.45. The highest BCUT2D eigenvalue weighted by Crippen LogP contribution is 2.31. The van der Waals surface area contributed by atoms with E-state index in [4.69, 9.17) is 4.74 Å². The highest BCUT2D eigenvalue weighted by Gasteiger charge is 2.18. The second-order valence-electron chi connectivity index (χ2n) is 6.73. The molecule has 152 valence electrons. The van der Waals surface area contributed by atoms with Gasteiger partial charge in [-0.05, 0) is 57.2 Å². The van der Waals surface area contributed by atoms with Crippen molar-refractivity contribution in [3.05, 3.63) is 76.9 Å². The molecule has 0 fully saturated rings. The van der Waals surface area contributed by atoms with Crippen molar-refractivity contribution in [3.63, 3.8) is 0 Å². The Morgan fingerprint density at radius 2 is 1.83 bits per heavy atom. The molecule has 0 unspecified atom stereocenters. The number of ether oxygens (including phenoxy) is 1. The molecule has 1 N–H and O–H groups in total. The van der Waals surface area contributed by atoms with Crippen molar-refractivity contribution in [2.75, 3.05) is 11.9 Å². The van der Waals surface area contributed by atoms with Crippen molar-refractivity contribution in [2.24, 2.45) is 0 Å². The molecule has 0 aliphatic heterocycles. The van der Waals surface area contributed by atoms with Gasteiger partial charge in [0.1, 0.15) is 5.75 Å². The summed E-state index contributed by atoms with van der Waals surface area (Å²) < 4.78 is 7.25. The van der Waals surface area contributed by atoms with Crippen molar-refractivity contribution in [1.82, 2.24) is 14.8 Å². The van der Waals surface area contributed by atoms with Crippen LogP contribution in [-0.2, 0) is 0 Å². The number of rotatable bonds is 6. The van der Waals surface area contributed by atoms with E-state index in [-0.39, 0.29) is 5.91 Å². The SMILES string of the molecule is CCOc1ccc(-c2nc(NC(=O)c3cnn(-c4ccccc4)c3C)sc2C)cc1. The fourth-order valence-corrected chi connectivity index (χ4v) is 4.05. The van der Waals surface area contributed by atoms with Crippen LogP contribution in [0.3, 0.4) is 0 Å². The van der Waals surface area contributed by atoms with E-state index in [9.17, 15) is 4.79 Å². The summed E-state index contributed by atoms with van der Waals surface area (Å²) in [5.41, 5.74) is 4.06. The summed E-state index contributed by atoms with van der Waals surface area (Å²) in [4.78, 5) is 18.5. The third-order valence-electron chi connectivity index (χ3n) is 4.71. The molecule has 4 rings (SSSR count). The number of hydrogen-bond acceptors (Lipinski definition) is 5. The fraction of sp³-hybridized carbons (Fsp3) is 0.174. The smallest absolute Gasteiger partial charge is 0.260 e. The Kier molecular flexibility index (Phi) is 5.63. The Labute approximate surface area is 179 Å². The highest BCUT2D eigenvalue weighted by atomic mass is 32.1. The third kappa shape index (κ3) is 3.97. The Morgan fingerprint density at radius 3 is 2.53 bits per heavy atom. The zero-order valence-electron chi connectivity index (χ0n) is 17.0.